The zero-order valence-electron chi connectivity index (χ0n) is 9.41. The van der Waals surface area contributed by atoms with Gasteiger partial charge in [0.05, 0.1) is 11.9 Å². The molecule has 0 unspecified atom stereocenters. The molecule has 0 radical (unpaired) electrons. The number of halogens is 2. The number of hydrogen-bond acceptors (Lipinski definition) is 4. The topological polar surface area (TPSA) is 61.6 Å². The molecule has 2 rings (SSSR count). The molecule has 0 aliphatic rings. The minimum absolute atomic E-state index is 0.427. The predicted octanol–water partition coefficient (Wildman–Crippen LogP) is 3.77. The Bertz CT molecular complexity index is 636. The van der Waals surface area contributed by atoms with Crippen LogP contribution in [-0.4, -0.2) is 9.97 Å². The molecule has 6 heteroatoms. The highest BCUT2D eigenvalue weighted by molar-refractivity contribution is 14.1. The number of benzene rings is 1. The van der Waals surface area contributed by atoms with Crippen molar-refractivity contribution >= 4 is 50.0 Å². The molecule has 0 atom stereocenters. The van der Waals surface area contributed by atoms with Crippen molar-refractivity contribution in [2.45, 2.75) is 6.92 Å². The maximum absolute atomic E-state index is 9.03. The third kappa shape index (κ3) is 2.97. The van der Waals surface area contributed by atoms with E-state index in [1.165, 1.54) is 6.20 Å². The largest absolute Gasteiger partial charge is 0.338 e. The highest BCUT2D eigenvalue weighted by Crippen LogP contribution is 2.26. The van der Waals surface area contributed by atoms with Crippen molar-refractivity contribution in [3.8, 4) is 6.07 Å². The van der Waals surface area contributed by atoms with E-state index in [0.717, 1.165) is 13.7 Å². The zero-order chi connectivity index (χ0) is 13.1. The van der Waals surface area contributed by atoms with Crippen LogP contribution < -0.4 is 5.32 Å². The molecule has 0 saturated heterocycles. The third-order valence-corrected chi connectivity index (χ3v) is 3.65. The number of hydrogen-bond donors (Lipinski definition) is 1. The first-order chi connectivity index (χ1) is 8.60. The summed E-state index contributed by atoms with van der Waals surface area (Å²) in [6.45, 7) is 1.79. The van der Waals surface area contributed by atoms with Gasteiger partial charge in [0, 0.05) is 8.04 Å². The second-order valence-corrected chi connectivity index (χ2v) is 5.62. The summed E-state index contributed by atoms with van der Waals surface area (Å²) >= 11 is 5.65. The first kappa shape index (κ1) is 13.2. The first-order valence-electron chi connectivity index (χ1n) is 5.06. The number of nitriles is 1. The number of nitrogens with one attached hydrogen (secondary N) is 1. The molecule has 2 aromatic rings. The van der Waals surface area contributed by atoms with E-state index in [1.807, 2.05) is 18.2 Å². The van der Waals surface area contributed by atoms with Gasteiger partial charge in [0.15, 0.2) is 5.82 Å². The summed E-state index contributed by atoms with van der Waals surface area (Å²) in [7, 11) is 0. The molecule has 4 nitrogen and oxygen atoms in total. The van der Waals surface area contributed by atoms with Crippen molar-refractivity contribution in [1.29, 1.82) is 5.26 Å². The number of aryl methyl sites for hydroxylation is 1. The Labute approximate surface area is 127 Å². The zero-order valence-corrected chi connectivity index (χ0v) is 13.2. The number of nitrogens with zero attached hydrogens (tertiary/aromatic N) is 3. The van der Waals surface area contributed by atoms with Crippen LogP contribution in [-0.2, 0) is 0 Å². The van der Waals surface area contributed by atoms with Crippen LogP contribution in [0.2, 0.25) is 0 Å². The Hall–Kier alpha value is -1.20. The van der Waals surface area contributed by atoms with Gasteiger partial charge in [-0.05, 0) is 47.7 Å². The average molecular weight is 415 g/mol. The van der Waals surface area contributed by atoms with E-state index >= 15 is 0 Å². The molecular weight excluding hydrogens is 407 g/mol. The normalized spacial score (nSPS) is 9.89. The smallest absolute Gasteiger partial charge is 0.152 e. The van der Waals surface area contributed by atoms with Crippen molar-refractivity contribution in [2.75, 3.05) is 5.32 Å². The monoisotopic (exact) mass is 414 g/mol. The van der Waals surface area contributed by atoms with Gasteiger partial charge in [0.25, 0.3) is 0 Å². The lowest BCUT2D eigenvalue weighted by Crippen LogP contribution is -2.01. The molecule has 1 aromatic carbocycles. The molecule has 0 spiro atoms. The van der Waals surface area contributed by atoms with Crippen LogP contribution in [0.5, 0.6) is 0 Å². The van der Waals surface area contributed by atoms with Crippen molar-refractivity contribution < 1.29 is 0 Å². The summed E-state index contributed by atoms with van der Waals surface area (Å²) in [5.41, 5.74) is 1.33. The van der Waals surface area contributed by atoms with Gasteiger partial charge in [-0.2, -0.15) is 5.26 Å². The second-order valence-electron chi connectivity index (χ2n) is 3.54. The molecule has 0 bridgehead atoms. The molecule has 0 aliphatic heterocycles. The quantitative estimate of drug-likeness (QED) is 0.760. The fourth-order valence-electron chi connectivity index (χ4n) is 1.37. The van der Waals surface area contributed by atoms with E-state index < -0.39 is 0 Å². The minimum atomic E-state index is 0.427. The lowest BCUT2D eigenvalue weighted by Gasteiger charge is -2.09. The Balaban J connectivity index is 2.43. The molecule has 0 aliphatic carbocycles. The second kappa shape index (κ2) is 5.63. The van der Waals surface area contributed by atoms with Crippen LogP contribution in [0.15, 0.2) is 28.9 Å². The maximum atomic E-state index is 9.03. The SMILES string of the molecule is Cc1ncc(C#N)c(Nc2cc(Br)ccc2I)n1. The molecule has 18 heavy (non-hydrogen) atoms. The minimum Gasteiger partial charge on any atom is -0.338 e. The number of aromatic nitrogens is 2. The van der Waals surface area contributed by atoms with Gasteiger partial charge in [-0.3, -0.25) is 0 Å². The summed E-state index contributed by atoms with van der Waals surface area (Å²) in [6.07, 6.45) is 1.52. The summed E-state index contributed by atoms with van der Waals surface area (Å²) in [5, 5.41) is 12.2. The summed E-state index contributed by atoms with van der Waals surface area (Å²) < 4.78 is 2.02. The summed E-state index contributed by atoms with van der Waals surface area (Å²) in [4.78, 5) is 8.25. The van der Waals surface area contributed by atoms with Crippen LogP contribution >= 0.6 is 38.5 Å². The lowest BCUT2D eigenvalue weighted by molar-refractivity contribution is 1.05. The van der Waals surface area contributed by atoms with Crippen LogP contribution in [0, 0.1) is 21.8 Å². The van der Waals surface area contributed by atoms with Gasteiger partial charge in [0.1, 0.15) is 17.5 Å². The van der Waals surface area contributed by atoms with E-state index in [1.54, 1.807) is 6.92 Å². The van der Waals surface area contributed by atoms with Crippen LogP contribution in [0.3, 0.4) is 0 Å². The van der Waals surface area contributed by atoms with E-state index in [9.17, 15) is 0 Å². The Morgan fingerprint density at radius 2 is 2.22 bits per heavy atom. The van der Waals surface area contributed by atoms with E-state index in [0.29, 0.717) is 17.2 Å². The van der Waals surface area contributed by atoms with Crippen molar-refractivity contribution in [3.05, 3.63) is 43.8 Å². The molecule has 1 aromatic heterocycles. The van der Waals surface area contributed by atoms with E-state index in [2.05, 4.69) is 59.9 Å². The van der Waals surface area contributed by atoms with Crippen LogP contribution in [0.4, 0.5) is 11.5 Å². The van der Waals surface area contributed by atoms with E-state index in [4.69, 9.17) is 5.26 Å². The maximum Gasteiger partial charge on any atom is 0.152 e. The number of anilines is 2. The van der Waals surface area contributed by atoms with Gasteiger partial charge < -0.3 is 5.32 Å². The summed E-state index contributed by atoms with van der Waals surface area (Å²) in [5.74, 6) is 1.16. The Kier molecular flexibility index (Phi) is 4.14. The van der Waals surface area contributed by atoms with Gasteiger partial charge in [0.2, 0.25) is 0 Å². The molecule has 0 saturated carbocycles. The van der Waals surface area contributed by atoms with Crippen molar-refractivity contribution in [2.24, 2.45) is 0 Å². The van der Waals surface area contributed by atoms with Crippen molar-refractivity contribution in [1.82, 2.24) is 9.97 Å². The van der Waals surface area contributed by atoms with Gasteiger partial charge >= 0.3 is 0 Å². The third-order valence-electron chi connectivity index (χ3n) is 2.21. The summed E-state index contributed by atoms with van der Waals surface area (Å²) in [6, 6.07) is 7.96. The standard InChI is InChI=1S/C12H8BrIN4/c1-7-16-6-8(5-15)12(17-7)18-11-4-9(13)2-3-10(11)14/h2-4,6H,1H3,(H,16,17,18). The molecular formula is C12H8BrIN4. The molecule has 0 fully saturated rings. The fraction of sp³-hybridized carbons (Fsp3) is 0.0833. The van der Waals surface area contributed by atoms with Gasteiger partial charge in [-0.15, -0.1) is 0 Å². The average Bonchev–Trinajstić information content (AvgIpc) is 2.34. The highest BCUT2D eigenvalue weighted by Gasteiger charge is 2.08. The number of rotatable bonds is 2. The van der Waals surface area contributed by atoms with Crippen LogP contribution in [0.1, 0.15) is 11.4 Å². The lowest BCUT2D eigenvalue weighted by atomic mass is 10.3. The fourth-order valence-corrected chi connectivity index (χ4v) is 2.20. The Morgan fingerprint density at radius 1 is 1.44 bits per heavy atom. The van der Waals surface area contributed by atoms with E-state index in [-0.39, 0.29) is 0 Å². The molecule has 0 amide bonds. The van der Waals surface area contributed by atoms with Crippen molar-refractivity contribution in [3.63, 3.8) is 0 Å². The first-order valence-corrected chi connectivity index (χ1v) is 6.93. The molecule has 1 heterocycles. The predicted molar refractivity (Wildman–Crippen MR) is 81.6 cm³/mol. The molecule has 1 N–H and O–H groups in total. The highest BCUT2D eigenvalue weighted by atomic mass is 127. The van der Waals surface area contributed by atoms with Crippen LogP contribution in [0.25, 0.3) is 0 Å². The Morgan fingerprint density at radius 3 is 2.94 bits per heavy atom. The van der Waals surface area contributed by atoms with Gasteiger partial charge in [-0.25, -0.2) is 9.97 Å². The van der Waals surface area contributed by atoms with Gasteiger partial charge in [-0.1, -0.05) is 15.9 Å². The molecule has 90 valence electrons.